The molecule has 0 heterocycles. The van der Waals surface area contributed by atoms with E-state index in [1.807, 2.05) is 0 Å². The summed E-state index contributed by atoms with van der Waals surface area (Å²) in [6.07, 6.45) is 7.74. The average Bonchev–Trinajstić information content (AvgIpc) is 2.32. The first-order valence-electron chi connectivity index (χ1n) is 7.71. The van der Waals surface area contributed by atoms with Crippen molar-refractivity contribution in [3.63, 3.8) is 0 Å². The molecule has 4 rings (SSSR count). The van der Waals surface area contributed by atoms with Crippen LogP contribution in [0, 0.1) is 23.2 Å². The first kappa shape index (κ1) is 15.1. The molecule has 0 spiro atoms. The van der Waals surface area contributed by atoms with Crippen molar-refractivity contribution < 1.29 is 4.79 Å². The smallest absolute Gasteiger partial charge is 0.226 e. The molecule has 110 valence electrons. The van der Waals surface area contributed by atoms with Crippen LogP contribution in [-0.2, 0) is 4.79 Å². The van der Waals surface area contributed by atoms with Crippen LogP contribution in [0.4, 0.5) is 0 Å². The van der Waals surface area contributed by atoms with Gasteiger partial charge in [0.1, 0.15) is 0 Å². The van der Waals surface area contributed by atoms with Crippen LogP contribution in [0.5, 0.6) is 0 Å². The molecule has 0 aromatic rings. The summed E-state index contributed by atoms with van der Waals surface area (Å²) in [5.41, 5.74) is 0.0287. The second kappa shape index (κ2) is 6.01. The van der Waals surface area contributed by atoms with E-state index in [1.165, 1.54) is 38.5 Å². The van der Waals surface area contributed by atoms with Gasteiger partial charge in [-0.15, -0.1) is 12.4 Å². The molecular weight excluding hydrogens is 260 g/mol. The monoisotopic (exact) mass is 286 g/mol. The van der Waals surface area contributed by atoms with Crippen LogP contribution in [0.15, 0.2) is 0 Å². The third-order valence-corrected chi connectivity index (χ3v) is 5.36. The van der Waals surface area contributed by atoms with Crippen LogP contribution in [0.25, 0.3) is 0 Å². The van der Waals surface area contributed by atoms with Crippen LogP contribution in [0.1, 0.15) is 45.4 Å². The lowest BCUT2D eigenvalue weighted by Gasteiger charge is -2.55. The van der Waals surface area contributed by atoms with Crippen LogP contribution < -0.4 is 10.6 Å². The van der Waals surface area contributed by atoms with E-state index in [0.29, 0.717) is 5.91 Å². The Morgan fingerprint density at radius 3 is 2.05 bits per heavy atom. The Balaban J connectivity index is 0.00000133. The summed E-state index contributed by atoms with van der Waals surface area (Å²) in [7, 11) is 0. The Morgan fingerprint density at radius 1 is 1.05 bits per heavy atom. The minimum absolute atomic E-state index is 0. The van der Waals surface area contributed by atoms with E-state index >= 15 is 0 Å². The average molecular weight is 287 g/mol. The molecule has 3 nitrogen and oxygen atoms in total. The summed E-state index contributed by atoms with van der Waals surface area (Å²) >= 11 is 0. The largest absolute Gasteiger partial charge is 0.354 e. The highest BCUT2D eigenvalue weighted by molar-refractivity contribution is 5.85. The van der Waals surface area contributed by atoms with Gasteiger partial charge in [-0.3, -0.25) is 4.79 Å². The zero-order chi connectivity index (χ0) is 12.6. The topological polar surface area (TPSA) is 41.1 Å². The second-order valence-electron chi connectivity index (χ2n) is 6.81. The molecule has 0 aliphatic heterocycles. The molecule has 4 heteroatoms. The lowest BCUT2D eigenvalue weighted by Crippen LogP contribution is -2.54. The number of rotatable bonds is 5. The summed E-state index contributed by atoms with van der Waals surface area (Å²) < 4.78 is 0. The van der Waals surface area contributed by atoms with Crippen molar-refractivity contribution in [3.05, 3.63) is 0 Å². The number of carbonyl (C=O) groups excluding carboxylic acids is 1. The van der Waals surface area contributed by atoms with Gasteiger partial charge in [-0.1, -0.05) is 6.92 Å². The zero-order valence-electron chi connectivity index (χ0n) is 11.9. The number of halogens is 1. The predicted octanol–water partition coefficient (Wildman–Crippen LogP) is 2.35. The van der Waals surface area contributed by atoms with Crippen LogP contribution in [0.3, 0.4) is 0 Å². The number of hydrogen-bond acceptors (Lipinski definition) is 2. The number of likely N-dealkylation sites (N-methyl/N-ethyl adjacent to an activating group) is 1. The fourth-order valence-electron chi connectivity index (χ4n) is 5.02. The Labute approximate surface area is 122 Å². The molecule has 0 saturated heterocycles. The molecule has 4 aliphatic carbocycles. The van der Waals surface area contributed by atoms with Gasteiger partial charge in [-0.2, -0.15) is 0 Å². The number of amides is 1. The van der Waals surface area contributed by atoms with Crippen LogP contribution >= 0.6 is 12.4 Å². The Kier molecular flexibility index (Phi) is 4.78. The molecule has 4 aliphatic rings. The van der Waals surface area contributed by atoms with Crippen molar-refractivity contribution in [2.24, 2.45) is 23.2 Å². The van der Waals surface area contributed by atoms with Crippen molar-refractivity contribution in [2.45, 2.75) is 45.4 Å². The Hall–Kier alpha value is -0.280. The van der Waals surface area contributed by atoms with E-state index in [2.05, 4.69) is 17.6 Å². The maximum absolute atomic E-state index is 12.5. The van der Waals surface area contributed by atoms with Gasteiger partial charge in [-0.05, 0) is 62.8 Å². The standard InChI is InChI=1S/C15H26N2O.ClH/c1-2-16-3-4-17-14(18)15-8-11-5-12(9-15)7-13(6-11)10-15;/h11-13,16H,2-10H2,1H3,(H,17,18);1H. The van der Waals surface area contributed by atoms with Gasteiger partial charge in [0.25, 0.3) is 0 Å². The molecule has 0 atom stereocenters. The minimum atomic E-state index is 0. The van der Waals surface area contributed by atoms with Gasteiger partial charge >= 0.3 is 0 Å². The third-order valence-electron chi connectivity index (χ3n) is 5.36. The van der Waals surface area contributed by atoms with E-state index in [4.69, 9.17) is 0 Å². The fraction of sp³-hybridized carbons (Fsp3) is 0.933. The van der Waals surface area contributed by atoms with E-state index in [1.54, 1.807) is 0 Å². The van der Waals surface area contributed by atoms with Gasteiger partial charge < -0.3 is 10.6 Å². The summed E-state index contributed by atoms with van der Waals surface area (Å²) in [5, 5.41) is 6.44. The minimum Gasteiger partial charge on any atom is -0.354 e. The molecule has 0 aromatic carbocycles. The lowest BCUT2D eigenvalue weighted by molar-refractivity contribution is -0.146. The molecule has 4 bridgehead atoms. The summed E-state index contributed by atoms with van der Waals surface area (Å²) in [6.45, 7) is 4.76. The SMILES string of the molecule is CCNCCNC(=O)C12CC3CC(CC(C3)C1)C2.Cl. The predicted molar refractivity (Wildman–Crippen MR) is 79.4 cm³/mol. The fourth-order valence-corrected chi connectivity index (χ4v) is 5.02. The number of carbonyl (C=O) groups is 1. The van der Waals surface area contributed by atoms with Gasteiger partial charge in [0.2, 0.25) is 5.91 Å². The summed E-state index contributed by atoms with van der Waals surface area (Å²) in [6, 6.07) is 0. The van der Waals surface area contributed by atoms with Gasteiger partial charge in [0, 0.05) is 18.5 Å². The molecule has 19 heavy (non-hydrogen) atoms. The molecule has 0 radical (unpaired) electrons. The number of nitrogens with one attached hydrogen (secondary N) is 2. The molecule has 4 saturated carbocycles. The lowest BCUT2D eigenvalue weighted by atomic mass is 9.49. The first-order valence-corrected chi connectivity index (χ1v) is 7.71. The van der Waals surface area contributed by atoms with E-state index in [-0.39, 0.29) is 17.8 Å². The van der Waals surface area contributed by atoms with Gasteiger partial charge in [0.05, 0.1) is 0 Å². The Morgan fingerprint density at radius 2 is 1.58 bits per heavy atom. The first-order chi connectivity index (χ1) is 8.72. The van der Waals surface area contributed by atoms with Crippen LogP contribution in [0.2, 0.25) is 0 Å². The highest BCUT2D eigenvalue weighted by atomic mass is 35.5. The van der Waals surface area contributed by atoms with E-state index < -0.39 is 0 Å². The molecule has 1 amide bonds. The highest BCUT2D eigenvalue weighted by Gasteiger charge is 2.54. The van der Waals surface area contributed by atoms with Gasteiger partial charge in [-0.25, -0.2) is 0 Å². The van der Waals surface area contributed by atoms with Crippen LogP contribution in [-0.4, -0.2) is 25.5 Å². The number of hydrogen-bond donors (Lipinski definition) is 2. The summed E-state index contributed by atoms with van der Waals surface area (Å²) in [5.74, 6) is 2.93. The van der Waals surface area contributed by atoms with Crippen molar-refractivity contribution in [3.8, 4) is 0 Å². The zero-order valence-corrected chi connectivity index (χ0v) is 12.7. The summed E-state index contributed by atoms with van der Waals surface area (Å²) in [4.78, 5) is 12.5. The molecule has 0 unspecified atom stereocenters. The molecular formula is C15H27ClN2O. The van der Waals surface area contributed by atoms with Crippen molar-refractivity contribution in [2.75, 3.05) is 19.6 Å². The van der Waals surface area contributed by atoms with E-state index in [9.17, 15) is 4.79 Å². The van der Waals surface area contributed by atoms with Crippen molar-refractivity contribution in [1.29, 1.82) is 0 Å². The normalized spacial score (nSPS) is 38.9. The molecule has 2 N–H and O–H groups in total. The quantitative estimate of drug-likeness (QED) is 0.762. The molecule has 4 fully saturated rings. The van der Waals surface area contributed by atoms with Gasteiger partial charge in [0.15, 0.2) is 0 Å². The third kappa shape index (κ3) is 2.92. The maximum atomic E-state index is 12.5. The van der Waals surface area contributed by atoms with E-state index in [0.717, 1.165) is 37.4 Å². The Bertz CT molecular complexity index is 297. The van der Waals surface area contributed by atoms with Crippen molar-refractivity contribution >= 4 is 18.3 Å². The highest BCUT2D eigenvalue weighted by Crippen LogP contribution is 2.60. The maximum Gasteiger partial charge on any atom is 0.226 e. The van der Waals surface area contributed by atoms with Crippen molar-refractivity contribution in [1.82, 2.24) is 10.6 Å². The second-order valence-corrected chi connectivity index (χ2v) is 6.81. The molecule has 0 aromatic heterocycles.